The standard InChI is InChI=1S/C78H54BN3O3/c1-43-37-49(80-58-25-13-7-19-52(58)70-61(80)31-34-67-73(70)55-22-10-16-28-64(55)83-67)38-44(2)76(43)79(77-45(3)39-50(40-46(77)4)81-59-26-14-8-20-53(59)71-62(81)32-35-68-74(71)56-23-11-17-29-65(56)84-68)78-47(5)41-51(42-48(78)6)82-60-27-15-9-21-54(60)72-63(82)33-36-69-75(72)57-24-12-18-30-66(57)85-69/h7-42H,1-6H3. The van der Waals surface area contributed by atoms with E-state index in [1.165, 1.54) is 98.6 Å². The van der Waals surface area contributed by atoms with Gasteiger partial charge in [0.15, 0.2) is 0 Å². The molecule has 18 aromatic rings. The molecule has 0 N–H and O–H groups in total. The second-order valence-electron chi connectivity index (χ2n) is 23.8. The highest BCUT2D eigenvalue weighted by Crippen LogP contribution is 2.45. The van der Waals surface area contributed by atoms with Gasteiger partial charge in [-0.15, -0.1) is 0 Å². The summed E-state index contributed by atoms with van der Waals surface area (Å²) in [5.41, 5.74) is 27.2. The lowest BCUT2D eigenvalue weighted by Crippen LogP contribution is -2.57. The Balaban J connectivity index is 0.866. The highest BCUT2D eigenvalue weighted by Gasteiger charge is 2.33. The molecule has 0 amide bonds. The minimum Gasteiger partial charge on any atom is -0.456 e. The first kappa shape index (κ1) is 48.1. The molecule has 0 saturated carbocycles. The number of fused-ring (bicyclic) bond motifs is 21. The van der Waals surface area contributed by atoms with Gasteiger partial charge < -0.3 is 27.0 Å². The largest absolute Gasteiger partial charge is 0.456 e. The molecule has 6 heterocycles. The van der Waals surface area contributed by atoms with E-state index in [1.54, 1.807) is 0 Å². The Kier molecular flexibility index (Phi) is 9.91. The van der Waals surface area contributed by atoms with Crippen LogP contribution in [0.25, 0.3) is 148 Å². The van der Waals surface area contributed by atoms with Crippen LogP contribution in [-0.4, -0.2) is 20.4 Å². The maximum Gasteiger partial charge on any atom is 0.243 e. The number of aryl methyl sites for hydroxylation is 6. The summed E-state index contributed by atoms with van der Waals surface area (Å²) in [7, 11) is 0. The van der Waals surface area contributed by atoms with Crippen molar-refractivity contribution in [3.8, 4) is 17.1 Å². The van der Waals surface area contributed by atoms with Gasteiger partial charge in [0.1, 0.15) is 33.5 Å². The van der Waals surface area contributed by atoms with Crippen molar-refractivity contribution in [3.63, 3.8) is 0 Å². The Morgan fingerprint density at radius 2 is 0.482 bits per heavy atom. The summed E-state index contributed by atoms with van der Waals surface area (Å²) < 4.78 is 26.9. The van der Waals surface area contributed by atoms with E-state index in [0.717, 1.165) is 99.4 Å². The fourth-order valence-electron chi connectivity index (χ4n) is 15.7. The molecule has 6 nitrogen and oxygen atoms in total. The molecule has 0 aliphatic rings. The molecule has 0 atom stereocenters. The topological polar surface area (TPSA) is 54.2 Å². The molecule has 0 aliphatic heterocycles. The quantitative estimate of drug-likeness (QED) is 0.156. The molecular formula is C78H54BN3O3. The third-order valence-electron chi connectivity index (χ3n) is 18.9. The molecule has 402 valence electrons. The van der Waals surface area contributed by atoms with Crippen LogP contribution in [0.3, 0.4) is 0 Å². The Labute approximate surface area is 489 Å². The molecule has 0 unspecified atom stereocenters. The summed E-state index contributed by atoms with van der Waals surface area (Å²) in [5, 5.41) is 14.1. The fraction of sp³-hybridized carbons (Fsp3) is 0.0769. The lowest BCUT2D eigenvalue weighted by Gasteiger charge is -2.28. The third kappa shape index (κ3) is 6.61. The Morgan fingerprint density at radius 3 is 0.765 bits per heavy atom. The smallest absolute Gasteiger partial charge is 0.243 e. The fourth-order valence-corrected chi connectivity index (χ4v) is 15.7. The molecule has 0 aliphatic carbocycles. The molecule has 0 radical (unpaired) electrons. The highest BCUT2D eigenvalue weighted by atomic mass is 16.3. The van der Waals surface area contributed by atoms with Crippen LogP contribution in [0.5, 0.6) is 0 Å². The van der Waals surface area contributed by atoms with Gasteiger partial charge in [-0.2, -0.15) is 0 Å². The van der Waals surface area contributed by atoms with Crippen molar-refractivity contribution >= 4 is 154 Å². The van der Waals surface area contributed by atoms with Crippen LogP contribution in [0.2, 0.25) is 0 Å². The summed E-state index contributed by atoms with van der Waals surface area (Å²) in [6, 6.07) is 79.7. The maximum atomic E-state index is 6.49. The second-order valence-corrected chi connectivity index (χ2v) is 23.8. The average molecular weight is 1090 g/mol. The van der Waals surface area contributed by atoms with Crippen molar-refractivity contribution in [2.24, 2.45) is 0 Å². The van der Waals surface area contributed by atoms with Crippen molar-refractivity contribution < 1.29 is 13.3 Å². The summed E-state index contributed by atoms with van der Waals surface area (Å²) in [6.45, 7) is 13.9. The van der Waals surface area contributed by atoms with Crippen LogP contribution in [0, 0.1) is 41.5 Å². The second kappa shape index (κ2) is 17.5. The third-order valence-corrected chi connectivity index (χ3v) is 18.9. The summed E-state index contributed by atoms with van der Waals surface area (Å²) in [5.74, 6) is 0. The molecule has 12 aromatic carbocycles. The maximum absolute atomic E-state index is 6.49. The number of furan rings is 3. The molecule has 0 saturated heterocycles. The minimum atomic E-state index is -0.114. The molecule has 0 spiro atoms. The first-order chi connectivity index (χ1) is 41.7. The molecule has 7 heteroatoms. The Morgan fingerprint density at radius 1 is 0.235 bits per heavy atom. The summed E-state index contributed by atoms with van der Waals surface area (Å²) in [4.78, 5) is 0. The van der Waals surface area contributed by atoms with Crippen LogP contribution >= 0.6 is 0 Å². The highest BCUT2D eigenvalue weighted by molar-refractivity contribution is 6.97. The van der Waals surface area contributed by atoms with E-state index < -0.39 is 0 Å². The Hall–Kier alpha value is -10.5. The molecule has 0 fully saturated rings. The first-order valence-electron chi connectivity index (χ1n) is 29.5. The van der Waals surface area contributed by atoms with Crippen LogP contribution in [0.4, 0.5) is 0 Å². The predicted molar refractivity (Wildman–Crippen MR) is 357 cm³/mol. The van der Waals surface area contributed by atoms with Crippen LogP contribution < -0.4 is 16.4 Å². The van der Waals surface area contributed by atoms with Gasteiger partial charge >= 0.3 is 0 Å². The number of para-hydroxylation sites is 6. The van der Waals surface area contributed by atoms with E-state index in [0.29, 0.717) is 0 Å². The number of hydrogen-bond acceptors (Lipinski definition) is 3. The lowest BCUT2D eigenvalue weighted by atomic mass is 9.33. The van der Waals surface area contributed by atoms with Crippen molar-refractivity contribution in [1.82, 2.24) is 13.7 Å². The van der Waals surface area contributed by atoms with Gasteiger partial charge in [-0.25, -0.2) is 0 Å². The number of aromatic nitrogens is 3. The van der Waals surface area contributed by atoms with Crippen molar-refractivity contribution in [1.29, 1.82) is 0 Å². The normalized spacial score (nSPS) is 12.4. The minimum absolute atomic E-state index is 0.114. The van der Waals surface area contributed by atoms with Crippen LogP contribution in [0.1, 0.15) is 33.4 Å². The summed E-state index contributed by atoms with van der Waals surface area (Å²) in [6.07, 6.45) is 0. The van der Waals surface area contributed by atoms with Gasteiger partial charge in [0.2, 0.25) is 6.71 Å². The average Bonchev–Trinajstić information content (AvgIpc) is 1.99. The van der Waals surface area contributed by atoms with Crippen molar-refractivity contribution in [3.05, 3.63) is 252 Å². The van der Waals surface area contributed by atoms with Gasteiger partial charge in [-0.05, 0) is 151 Å². The molecule has 85 heavy (non-hydrogen) atoms. The number of rotatable bonds is 6. The Bertz CT molecular complexity index is 5300. The zero-order valence-electron chi connectivity index (χ0n) is 47.9. The van der Waals surface area contributed by atoms with E-state index >= 15 is 0 Å². The number of hydrogen-bond donors (Lipinski definition) is 0. The van der Waals surface area contributed by atoms with Crippen LogP contribution in [-0.2, 0) is 0 Å². The SMILES string of the molecule is Cc1cc(-n2c3ccccc3c3c4c(ccc32)oc2ccccc24)cc(C)c1B(c1c(C)cc(-n2c3ccccc3c3c4c(ccc32)oc2ccccc24)cc1C)c1c(C)cc(-n2c3ccccc3c3c4c(ccc32)oc2ccccc24)cc1C. The lowest BCUT2D eigenvalue weighted by molar-refractivity contribution is 0.669. The van der Waals surface area contributed by atoms with Crippen LogP contribution in [0.15, 0.2) is 232 Å². The van der Waals surface area contributed by atoms with Gasteiger partial charge in [0, 0.05) is 81.7 Å². The number of benzene rings is 12. The van der Waals surface area contributed by atoms with E-state index in [1.807, 2.05) is 0 Å². The molecule has 0 bridgehead atoms. The molecular weight excluding hydrogens is 1040 g/mol. The number of nitrogens with zero attached hydrogens (tertiary/aromatic N) is 3. The monoisotopic (exact) mass is 1090 g/mol. The van der Waals surface area contributed by atoms with E-state index in [-0.39, 0.29) is 6.71 Å². The van der Waals surface area contributed by atoms with Crippen molar-refractivity contribution in [2.75, 3.05) is 0 Å². The molecule has 18 rings (SSSR count). The first-order valence-corrected chi connectivity index (χ1v) is 29.5. The zero-order chi connectivity index (χ0) is 56.7. The van der Waals surface area contributed by atoms with Gasteiger partial charge in [-0.1, -0.05) is 159 Å². The van der Waals surface area contributed by atoms with Gasteiger partial charge in [0.05, 0.1) is 33.1 Å². The zero-order valence-corrected chi connectivity index (χ0v) is 47.9. The summed E-state index contributed by atoms with van der Waals surface area (Å²) >= 11 is 0. The predicted octanol–water partition coefficient (Wildman–Crippen LogP) is 19.0. The van der Waals surface area contributed by atoms with Gasteiger partial charge in [0.25, 0.3) is 0 Å². The van der Waals surface area contributed by atoms with Crippen molar-refractivity contribution in [2.45, 2.75) is 41.5 Å². The van der Waals surface area contributed by atoms with E-state index in [4.69, 9.17) is 13.3 Å². The molecule has 6 aromatic heterocycles. The van der Waals surface area contributed by atoms with E-state index in [2.05, 4.69) is 274 Å². The van der Waals surface area contributed by atoms with Gasteiger partial charge in [-0.3, -0.25) is 0 Å². The van der Waals surface area contributed by atoms with E-state index in [9.17, 15) is 0 Å².